The van der Waals surface area contributed by atoms with Gasteiger partial charge in [-0.2, -0.15) is 0 Å². The number of aromatic nitrogens is 2. The minimum atomic E-state index is -0.595. The van der Waals surface area contributed by atoms with Gasteiger partial charge in [0.25, 0.3) is 5.91 Å². The lowest BCUT2D eigenvalue weighted by Crippen LogP contribution is -2.19. The number of amides is 1. The van der Waals surface area contributed by atoms with Gasteiger partial charge in [0.1, 0.15) is 0 Å². The van der Waals surface area contributed by atoms with Crippen LogP contribution in [0.4, 0.5) is 5.82 Å². The lowest BCUT2D eigenvalue weighted by atomic mass is 10.1. The number of rotatable bonds is 6. The van der Waals surface area contributed by atoms with E-state index >= 15 is 0 Å². The minimum absolute atomic E-state index is 0.157. The monoisotopic (exact) mass is 318 g/mol. The number of hydrogen-bond acceptors (Lipinski definition) is 4. The van der Waals surface area contributed by atoms with Crippen molar-refractivity contribution in [2.45, 2.75) is 6.42 Å². The van der Waals surface area contributed by atoms with Crippen LogP contribution in [0.3, 0.4) is 0 Å². The molecule has 0 bridgehead atoms. The van der Waals surface area contributed by atoms with E-state index in [-0.39, 0.29) is 5.69 Å². The van der Waals surface area contributed by atoms with Crippen LogP contribution in [0.2, 0.25) is 0 Å². The summed E-state index contributed by atoms with van der Waals surface area (Å²) in [6.07, 6.45) is 2.47. The number of carbonyl (C=O) groups is 1. The third kappa shape index (κ3) is 3.76. The highest BCUT2D eigenvalue weighted by Crippen LogP contribution is 2.19. The molecule has 5 nitrogen and oxygen atoms in total. The third-order valence-electron chi connectivity index (χ3n) is 3.62. The fourth-order valence-electron chi connectivity index (χ4n) is 2.41. The van der Waals surface area contributed by atoms with Crippen molar-refractivity contribution in [3.63, 3.8) is 0 Å². The maximum Gasteiger partial charge on any atom is 0.271 e. The molecule has 0 saturated carbocycles. The van der Waals surface area contributed by atoms with E-state index in [1.54, 1.807) is 6.20 Å². The van der Waals surface area contributed by atoms with Crippen LogP contribution in [-0.2, 0) is 6.42 Å². The van der Waals surface area contributed by atoms with E-state index in [9.17, 15) is 4.79 Å². The van der Waals surface area contributed by atoms with Gasteiger partial charge in [0.05, 0.1) is 11.9 Å². The van der Waals surface area contributed by atoms with Crippen LogP contribution < -0.4 is 11.1 Å². The van der Waals surface area contributed by atoms with Gasteiger partial charge in [-0.25, -0.2) is 9.97 Å². The molecule has 0 spiro atoms. The molecule has 0 fully saturated rings. The molecule has 2 aromatic carbocycles. The molecule has 0 aliphatic carbocycles. The molecule has 0 radical (unpaired) electrons. The molecule has 5 heteroatoms. The number of primary amides is 1. The predicted molar refractivity (Wildman–Crippen MR) is 94.6 cm³/mol. The van der Waals surface area contributed by atoms with Crippen molar-refractivity contribution < 1.29 is 4.79 Å². The first-order valence-corrected chi connectivity index (χ1v) is 7.74. The van der Waals surface area contributed by atoms with Crippen molar-refractivity contribution in [3.05, 3.63) is 78.1 Å². The van der Waals surface area contributed by atoms with E-state index in [2.05, 4.69) is 27.4 Å². The van der Waals surface area contributed by atoms with Gasteiger partial charge >= 0.3 is 0 Å². The molecule has 24 heavy (non-hydrogen) atoms. The van der Waals surface area contributed by atoms with Crippen molar-refractivity contribution in [3.8, 4) is 11.3 Å². The zero-order chi connectivity index (χ0) is 16.8. The molecule has 120 valence electrons. The number of nitrogens with one attached hydrogen (secondary N) is 1. The summed E-state index contributed by atoms with van der Waals surface area (Å²) in [4.78, 5) is 20.4. The molecule has 3 aromatic rings. The molecule has 0 unspecified atom stereocenters. The van der Waals surface area contributed by atoms with Crippen LogP contribution in [0.15, 0.2) is 66.9 Å². The zero-order valence-electron chi connectivity index (χ0n) is 13.1. The molecule has 1 heterocycles. The van der Waals surface area contributed by atoms with Gasteiger partial charge in [-0.1, -0.05) is 60.7 Å². The fraction of sp³-hybridized carbons (Fsp3) is 0.105. The molecule has 3 rings (SSSR count). The van der Waals surface area contributed by atoms with Crippen molar-refractivity contribution in [2.75, 3.05) is 11.9 Å². The van der Waals surface area contributed by atoms with Gasteiger partial charge in [0.15, 0.2) is 11.5 Å². The number of nitrogens with two attached hydrogens (primary N) is 1. The van der Waals surface area contributed by atoms with Gasteiger partial charge in [-0.05, 0) is 12.0 Å². The van der Waals surface area contributed by atoms with Crippen LogP contribution in [-0.4, -0.2) is 22.4 Å². The first-order chi connectivity index (χ1) is 11.7. The summed E-state index contributed by atoms with van der Waals surface area (Å²) in [5.74, 6) is -0.180. The van der Waals surface area contributed by atoms with E-state index in [1.807, 2.05) is 48.5 Å². The number of nitrogens with zero attached hydrogens (tertiary/aromatic N) is 2. The lowest BCUT2D eigenvalue weighted by molar-refractivity contribution is 0.0996. The van der Waals surface area contributed by atoms with Gasteiger partial charge in [0.2, 0.25) is 0 Å². The van der Waals surface area contributed by atoms with Crippen LogP contribution in [0, 0.1) is 0 Å². The number of hydrogen-bond donors (Lipinski definition) is 2. The maximum absolute atomic E-state index is 11.7. The molecule has 0 saturated heterocycles. The second kappa shape index (κ2) is 7.37. The Morgan fingerprint density at radius 3 is 2.33 bits per heavy atom. The van der Waals surface area contributed by atoms with E-state index in [0.29, 0.717) is 18.1 Å². The Hall–Kier alpha value is -3.21. The highest BCUT2D eigenvalue weighted by atomic mass is 16.1. The smallest absolute Gasteiger partial charge is 0.271 e. The maximum atomic E-state index is 11.7. The molecule has 1 aromatic heterocycles. The molecular formula is C19H18N4O. The quantitative estimate of drug-likeness (QED) is 0.732. The number of benzene rings is 2. The molecule has 1 amide bonds. The number of carbonyl (C=O) groups excluding carboxylic acids is 1. The van der Waals surface area contributed by atoms with Crippen LogP contribution >= 0.6 is 0 Å². The SMILES string of the molecule is NC(=O)c1nc(-c2ccccc2)cnc1NCCc1ccccc1. The molecule has 0 aliphatic heterocycles. The Kier molecular flexibility index (Phi) is 4.81. The van der Waals surface area contributed by atoms with E-state index in [4.69, 9.17) is 5.73 Å². The fourth-order valence-corrected chi connectivity index (χ4v) is 2.41. The molecule has 0 atom stereocenters. The average Bonchev–Trinajstić information content (AvgIpc) is 2.63. The summed E-state index contributed by atoms with van der Waals surface area (Å²) in [7, 11) is 0. The Morgan fingerprint density at radius 1 is 1.00 bits per heavy atom. The van der Waals surface area contributed by atoms with Crippen molar-refractivity contribution >= 4 is 11.7 Å². The molecule has 0 aliphatic rings. The number of anilines is 1. The van der Waals surface area contributed by atoms with E-state index in [0.717, 1.165) is 12.0 Å². The van der Waals surface area contributed by atoms with Gasteiger partial charge in [-0.15, -0.1) is 0 Å². The predicted octanol–water partition coefficient (Wildman–Crippen LogP) is 2.90. The minimum Gasteiger partial charge on any atom is -0.368 e. The molecule has 3 N–H and O–H groups in total. The molecular weight excluding hydrogens is 300 g/mol. The standard InChI is InChI=1S/C19H18N4O/c20-18(24)17-19(21-12-11-14-7-3-1-4-8-14)22-13-16(23-17)15-9-5-2-6-10-15/h1-10,13H,11-12H2,(H2,20,24)(H,21,22). The van der Waals surface area contributed by atoms with Crippen LogP contribution in [0.5, 0.6) is 0 Å². The first kappa shape index (κ1) is 15.7. The van der Waals surface area contributed by atoms with E-state index in [1.165, 1.54) is 5.56 Å². The van der Waals surface area contributed by atoms with Gasteiger partial charge in [0, 0.05) is 12.1 Å². The first-order valence-electron chi connectivity index (χ1n) is 7.74. The Balaban J connectivity index is 1.76. The lowest BCUT2D eigenvalue weighted by Gasteiger charge is -2.10. The van der Waals surface area contributed by atoms with Gasteiger partial charge in [-0.3, -0.25) is 4.79 Å². The highest BCUT2D eigenvalue weighted by Gasteiger charge is 2.13. The van der Waals surface area contributed by atoms with Crippen molar-refractivity contribution in [1.29, 1.82) is 0 Å². The van der Waals surface area contributed by atoms with Gasteiger partial charge < -0.3 is 11.1 Å². The Bertz CT molecular complexity index is 819. The topological polar surface area (TPSA) is 80.9 Å². The van der Waals surface area contributed by atoms with Crippen LogP contribution in [0.25, 0.3) is 11.3 Å². The summed E-state index contributed by atoms with van der Waals surface area (Å²) < 4.78 is 0. The Morgan fingerprint density at radius 2 is 1.67 bits per heavy atom. The second-order valence-corrected chi connectivity index (χ2v) is 5.35. The van der Waals surface area contributed by atoms with E-state index < -0.39 is 5.91 Å². The average molecular weight is 318 g/mol. The zero-order valence-corrected chi connectivity index (χ0v) is 13.1. The second-order valence-electron chi connectivity index (χ2n) is 5.35. The third-order valence-corrected chi connectivity index (χ3v) is 3.62. The summed E-state index contributed by atoms with van der Waals surface area (Å²) in [5.41, 5.74) is 8.34. The summed E-state index contributed by atoms with van der Waals surface area (Å²) in [5, 5.41) is 3.15. The summed E-state index contributed by atoms with van der Waals surface area (Å²) in [6.45, 7) is 0.643. The normalized spacial score (nSPS) is 10.3. The highest BCUT2D eigenvalue weighted by molar-refractivity contribution is 5.96. The summed E-state index contributed by atoms with van der Waals surface area (Å²) >= 11 is 0. The largest absolute Gasteiger partial charge is 0.368 e. The van der Waals surface area contributed by atoms with Crippen molar-refractivity contribution in [1.82, 2.24) is 9.97 Å². The van der Waals surface area contributed by atoms with Crippen LogP contribution in [0.1, 0.15) is 16.1 Å². The summed E-state index contributed by atoms with van der Waals surface area (Å²) in [6, 6.07) is 19.7. The van der Waals surface area contributed by atoms with Crippen molar-refractivity contribution in [2.24, 2.45) is 5.73 Å². The Labute approximate surface area is 140 Å².